The first kappa shape index (κ1) is 7.98. The number of nitrogens with zero attached hydrogens (tertiary/aromatic N) is 1. The Bertz CT molecular complexity index is 114. The van der Waals surface area contributed by atoms with Crippen LogP contribution in [0.1, 0.15) is 12.8 Å². The monoisotopic (exact) mass is 145 g/mol. The average molecular weight is 145 g/mol. The van der Waals surface area contributed by atoms with Crippen LogP contribution < -0.4 is 0 Å². The van der Waals surface area contributed by atoms with Crippen LogP contribution in [0.2, 0.25) is 0 Å². The van der Waals surface area contributed by atoms with E-state index in [2.05, 4.69) is 0 Å². The second-order valence-corrected chi connectivity index (χ2v) is 3.15. The van der Waals surface area contributed by atoms with Crippen molar-refractivity contribution in [3.63, 3.8) is 0 Å². The van der Waals surface area contributed by atoms with E-state index in [0.717, 1.165) is 19.4 Å². The third-order valence-corrected chi connectivity index (χ3v) is 2.27. The maximum atomic E-state index is 11.5. The largest absolute Gasteiger partial charge is 0.633 e. The highest BCUT2D eigenvalue weighted by Gasteiger charge is 2.30. The quantitative estimate of drug-likeness (QED) is 0.424. The molecular formula is C7H15NO2. The van der Waals surface area contributed by atoms with Crippen LogP contribution >= 0.6 is 0 Å². The van der Waals surface area contributed by atoms with Gasteiger partial charge in [0, 0.05) is 20.0 Å². The van der Waals surface area contributed by atoms with Crippen molar-refractivity contribution in [2.24, 2.45) is 0 Å². The third kappa shape index (κ3) is 1.48. The van der Waals surface area contributed by atoms with E-state index in [1.54, 1.807) is 14.2 Å². The molecule has 2 unspecified atom stereocenters. The van der Waals surface area contributed by atoms with Crippen molar-refractivity contribution in [3.8, 4) is 0 Å². The normalized spacial score (nSPS) is 40.5. The molecule has 60 valence electrons. The molecule has 0 aromatic carbocycles. The molecule has 1 rings (SSSR count). The molecule has 0 spiro atoms. The van der Waals surface area contributed by atoms with Crippen LogP contribution in [0.3, 0.4) is 0 Å². The molecule has 0 aromatic heterocycles. The minimum absolute atomic E-state index is 0.103. The first-order valence-electron chi connectivity index (χ1n) is 3.72. The standard InChI is InChI=1S/C7H15NO2/c1-8(9)5-3-4-7(8)6-10-2/h7H,3-6H2,1-2H3. The first-order chi connectivity index (χ1) is 4.67. The minimum Gasteiger partial charge on any atom is -0.633 e. The van der Waals surface area contributed by atoms with Crippen molar-refractivity contribution in [3.05, 3.63) is 5.21 Å². The molecule has 10 heavy (non-hydrogen) atoms. The van der Waals surface area contributed by atoms with Gasteiger partial charge in [-0.25, -0.2) is 0 Å². The second kappa shape index (κ2) is 2.86. The van der Waals surface area contributed by atoms with E-state index in [0.29, 0.717) is 6.61 Å². The maximum Gasteiger partial charge on any atom is 0.112 e. The van der Waals surface area contributed by atoms with Crippen LogP contribution in [0.5, 0.6) is 0 Å². The highest BCUT2D eigenvalue weighted by molar-refractivity contribution is 4.66. The number of hydroxylamine groups is 3. The van der Waals surface area contributed by atoms with Gasteiger partial charge in [-0.3, -0.25) is 0 Å². The summed E-state index contributed by atoms with van der Waals surface area (Å²) in [5, 5.41) is 11.5. The first-order valence-corrected chi connectivity index (χ1v) is 3.72. The van der Waals surface area contributed by atoms with Crippen LogP contribution in [0.15, 0.2) is 0 Å². The number of rotatable bonds is 2. The molecule has 3 nitrogen and oxygen atoms in total. The van der Waals surface area contributed by atoms with Crippen molar-refractivity contribution in [2.75, 3.05) is 27.3 Å². The van der Waals surface area contributed by atoms with Gasteiger partial charge in [0.15, 0.2) is 0 Å². The summed E-state index contributed by atoms with van der Waals surface area (Å²) in [6.45, 7) is 1.37. The molecule has 1 fully saturated rings. The summed E-state index contributed by atoms with van der Waals surface area (Å²) in [6, 6.07) is 0.185. The SMILES string of the molecule is COCC1CCC[N+]1(C)[O-]. The van der Waals surface area contributed by atoms with Gasteiger partial charge >= 0.3 is 0 Å². The molecule has 0 aliphatic carbocycles. The number of methoxy groups -OCH3 is 1. The molecule has 1 aliphatic heterocycles. The van der Waals surface area contributed by atoms with Crippen LogP contribution in [0, 0.1) is 5.21 Å². The highest BCUT2D eigenvalue weighted by atomic mass is 16.6. The van der Waals surface area contributed by atoms with Gasteiger partial charge in [0.2, 0.25) is 0 Å². The molecule has 0 saturated carbocycles. The van der Waals surface area contributed by atoms with Gasteiger partial charge in [0.1, 0.15) is 6.04 Å². The summed E-state index contributed by atoms with van der Waals surface area (Å²) >= 11 is 0. The van der Waals surface area contributed by atoms with E-state index in [1.807, 2.05) is 0 Å². The van der Waals surface area contributed by atoms with Gasteiger partial charge in [-0.05, 0) is 0 Å². The Morgan fingerprint density at radius 3 is 2.80 bits per heavy atom. The predicted molar refractivity (Wildman–Crippen MR) is 39.3 cm³/mol. The molecule has 3 heteroatoms. The lowest BCUT2D eigenvalue weighted by Crippen LogP contribution is -2.44. The van der Waals surface area contributed by atoms with Gasteiger partial charge in [0.25, 0.3) is 0 Å². The van der Waals surface area contributed by atoms with Crippen LogP contribution in [-0.2, 0) is 4.74 Å². The average Bonchev–Trinajstić information content (AvgIpc) is 2.13. The number of likely N-dealkylation sites (N-methyl/N-ethyl adjacent to an activating group) is 1. The summed E-state index contributed by atoms with van der Waals surface area (Å²) in [4.78, 5) is 0. The Hall–Kier alpha value is -0.120. The third-order valence-electron chi connectivity index (χ3n) is 2.27. The van der Waals surface area contributed by atoms with Crippen molar-refractivity contribution in [1.82, 2.24) is 0 Å². The van der Waals surface area contributed by atoms with Gasteiger partial charge in [-0.1, -0.05) is 0 Å². The van der Waals surface area contributed by atoms with Gasteiger partial charge in [0.05, 0.1) is 20.2 Å². The minimum atomic E-state index is -0.103. The lowest BCUT2D eigenvalue weighted by atomic mass is 10.2. The molecule has 1 heterocycles. The summed E-state index contributed by atoms with van der Waals surface area (Å²) in [5.74, 6) is 0. The van der Waals surface area contributed by atoms with Crippen LogP contribution in [0.4, 0.5) is 0 Å². The molecule has 0 aromatic rings. The van der Waals surface area contributed by atoms with Crippen LogP contribution in [-0.4, -0.2) is 38.0 Å². The number of quaternary nitrogens is 1. The summed E-state index contributed by atoms with van der Waals surface area (Å²) < 4.78 is 4.84. The molecule has 0 bridgehead atoms. The number of hydrogen-bond acceptors (Lipinski definition) is 2. The van der Waals surface area contributed by atoms with Crippen molar-refractivity contribution in [1.29, 1.82) is 0 Å². The Morgan fingerprint density at radius 1 is 1.70 bits per heavy atom. The van der Waals surface area contributed by atoms with E-state index in [1.165, 1.54) is 0 Å². The predicted octanol–water partition coefficient (Wildman–Crippen LogP) is 0.740. The Kier molecular flexibility index (Phi) is 2.28. The van der Waals surface area contributed by atoms with Crippen molar-refractivity contribution in [2.45, 2.75) is 18.9 Å². The fraction of sp³-hybridized carbons (Fsp3) is 1.00. The van der Waals surface area contributed by atoms with Crippen molar-refractivity contribution >= 4 is 0 Å². The maximum absolute atomic E-state index is 11.5. The topological polar surface area (TPSA) is 32.3 Å². The fourth-order valence-corrected chi connectivity index (χ4v) is 1.53. The molecular weight excluding hydrogens is 130 g/mol. The lowest BCUT2D eigenvalue weighted by Gasteiger charge is -2.39. The zero-order chi connectivity index (χ0) is 7.61. The molecule has 0 amide bonds. The van der Waals surface area contributed by atoms with Gasteiger partial charge in [-0.2, -0.15) is 0 Å². The van der Waals surface area contributed by atoms with Crippen molar-refractivity contribution < 1.29 is 9.38 Å². The molecule has 2 atom stereocenters. The van der Waals surface area contributed by atoms with E-state index >= 15 is 0 Å². The molecule has 0 N–H and O–H groups in total. The zero-order valence-electron chi connectivity index (χ0n) is 6.67. The Morgan fingerprint density at radius 2 is 2.40 bits per heavy atom. The lowest BCUT2D eigenvalue weighted by molar-refractivity contribution is -0.873. The van der Waals surface area contributed by atoms with Crippen LogP contribution in [0.25, 0.3) is 0 Å². The van der Waals surface area contributed by atoms with E-state index in [4.69, 9.17) is 4.74 Å². The van der Waals surface area contributed by atoms with Gasteiger partial charge in [-0.15, -0.1) is 0 Å². The number of ether oxygens (including phenoxy) is 1. The fourth-order valence-electron chi connectivity index (χ4n) is 1.53. The highest BCUT2D eigenvalue weighted by Crippen LogP contribution is 2.22. The summed E-state index contributed by atoms with van der Waals surface area (Å²) in [6.07, 6.45) is 2.07. The molecule has 0 radical (unpaired) electrons. The zero-order valence-corrected chi connectivity index (χ0v) is 6.67. The molecule has 1 saturated heterocycles. The smallest absolute Gasteiger partial charge is 0.112 e. The van der Waals surface area contributed by atoms with E-state index in [-0.39, 0.29) is 10.7 Å². The Balaban J connectivity index is 2.43. The summed E-state index contributed by atoms with van der Waals surface area (Å²) in [5.41, 5.74) is 0. The van der Waals surface area contributed by atoms with Gasteiger partial charge < -0.3 is 14.6 Å². The summed E-state index contributed by atoms with van der Waals surface area (Å²) in [7, 11) is 3.38. The second-order valence-electron chi connectivity index (χ2n) is 3.15. The van der Waals surface area contributed by atoms with E-state index < -0.39 is 0 Å². The number of hydrogen-bond donors (Lipinski definition) is 0. The Labute approximate surface area is 61.8 Å². The van der Waals surface area contributed by atoms with E-state index in [9.17, 15) is 5.21 Å². The number of likely N-dealkylation sites (tertiary alicyclic amines) is 1. The molecule has 1 aliphatic rings.